The largest absolute Gasteiger partial charge is 0.450 e. The number of thioether (sulfide) groups is 1. The zero-order valence-electron chi connectivity index (χ0n) is 16.6. The molecule has 0 aromatic heterocycles. The first-order valence-electron chi connectivity index (χ1n) is 10.1. The van der Waals surface area contributed by atoms with E-state index in [0.29, 0.717) is 44.5 Å². The Hall–Kier alpha value is -1.44. The van der Waals surface area contributed by atoms with Crippen LogP contribution in [0.4, 0.5) is 4.79 Å². The van der Waals surface area contributed by atoms with Crippen LogP contribution in [0.25, 0.3) is 0 Å². The summed E-state index contributed by atoms with van der Waals surface area (Å²) in [5.74, 6) is 1.47. The summed E-state index contributed by atoms with van der Waals surface area (Å²) in [5, 5.41) is 0.105. The van der Waals surface area contributed by atoms with Crippen LogP contribution >= 0.6 is 11.8 Å². The van der Waals surface area contributed by atoms with E-state index in [9.17, 15) is 14.4 Å². The van der Waals surface area contributed by atoms with Gasteiger partial charge in [-0.1, -0.05) is 13.8 Å². The third kappa shape index (κ3) is 4.70. The Morgan fingerprint density at radius 1 is 1.04 bits per heavy atom. The summed E-state index contributed by atoms with van der Waals surface area (Å²) in [4.78, 5) is 43.2. The lowest BCUT2D eigenvalue weighted by atomic mass is 10.1. The van der Waals surface area contributed by atoms with Crippen LogP contribution in [0, 0.1) is 11.8 Å². The highest BCUT2D eigenvalue weighted by Crippen LogP contribution is 2.40. The molecule has 7 nitrogen and oxygen atoms in total. The van der Waals surface area contributed by atoms with Crippen molar-refractivity contribution in [3.63, 3.8) is 0 Å². The van der Waals surface area contributed by atoms with Gasteiger partial charge in [-0.3, -0.25) is 9.59 Å². The molecule has 27 heavy (non-hydrogen) atoms. The second-order valence-corrected chi connectivity index (χ2v) is 9.18. The van der Waals surface area contributed by atoms with Gasteiger partial charge >= 0.3 is 6.09 Å². The second kappa shape index (κ2) is 8.71. The minimum atomic E-state index is -0.360. The molecule has 0 aromatic carbocycles. The normalized spacial score (nSPS) is 25.9. The van der Waals surface area contributed by atoms with Crippen molar-refractivity contribution >= 4 is 29.7 Å². The zero-order chi connectivity index (χ0) is 19.6. The summed E-state index contributed by atoms with van der Waals surface area (Å²) in [7, 11) is 0. The zero-order valence-corrected chi connectivity index (χ0v) is 17.4. The van der Waals surface area contributed by atoms with E-state index in [1.54, 1.807) is 23.6 Å². The van der Waals surface area contributed by atoms with Crippen molar-refractivity contribution < 1.29 is 19.1 Å². The van der Waals surface area contributed by atoms with Gasteiger partial charge in [0.05, 0.1) is 12.0 Å². The fourth-order valence-corrected chi connectivity index (χ4v) is 5.35. The number of hydrogen-bond acceptors (Lipinski definition) is 5. The van der Waals surface area contributed by atoms with Gasteiger partial charge in [0.25, 0.3) is 0 Å². The van der Waals surface area contributed by atoms with Crippen molar-refractivity contribution in [3.8, 4) is 0 Å². The van der Waals surface area contributed by atoms with E-state index in [1.807, 2.05) is 9.80 Å². The van der Waals surface area contributed by atoms with Gasteiger partial charge in [-0.15, -0.1) is 11.8 Å². The van der Waals surface area contributed by atoms with Crippen molar-refractivity contribution in [2.45, 2.75) is 51.4 Å². The molecule has 3 fully saturated rings. The first-order valence-corrected chi connectivity index (χ1v) is 11.1. The third-order valence-corrected chi connectivity index (χ3v) is 6.66. The van der Waals surface area contributed by atoms with Gasteiger partial charge < -0.3 is 19.4 Å². The molecule has 152 valence electrons. The van der Waals surface area contributed by atoms with Gasteiger partial charge in [0.2, 0.25) is 11.8 Å². The first-order chi connectivity index (χ1) is 12.9. The van der Waals surface area contributed by atoms with Crippen LogP contribution in [0.15, 0.2) is 0 Å². The Balaban J connectivity index is 1.63. The first kappa shape index (κ1) is 20.3. The molecule has 0 N–H and O–H groups in total. The molecule has 2 saturated heterocycles. The van der Waals surface area contributed by atoms with E-state index in [0.717, 1.165) is 19.3 Å². The molecule has 2 aliphatic heterocycles. The molecule has 3 amide bonds. The molecule has 1 saturated carbocycles. The summed E-state index contributed by atoms with van der Waals surface area (Å²) in [6.07, 6.45) is 2.51. The molecule has 0 bridgehead atoms. The molecule has 2 heterocycles. The minimum Gasteiger partial charge on any atom is -0.450 e. The standard InChI is InChI=1S/C19H31N3O4S/c1-4-26-19(25)21-9-7-20(8-10-21)18(24)15-12-27-16(11-13(2)3)22(15)17(23)14-5-6-14/h13-16H,4-12H2,1-3H3. The van der Waals surface area contributed by atoms with Crippen molar-refractivity contribution in [2.75, 3.05) is 38.5 Å². The third-order valence-electron chi connectivity index (χ3n) is 5.35. The Morgan fingerprint density at radius 3 is 2.22 bits per heavy atom. The molecule has 8 heteroatoms. The Kier molecular flexibility index (Phi) is 6.55. The van der Waals surface area contributed by atoms with Crippen LogP contribution in [-0.4, -0.2) is 82.6 Å². The van der Waals surface area contributed by atoms with E-state index in [1.165, 1.54) is 0 Å². The fraction of sp³-hybridized carbons (Fsp3) is 0.842. The van der Waals surface area contributed by atoms with Gasteiger partial charge in [-0.05, 0) is 32.1 Å². The molecule has 0 aromatic rings. The van der Waals surface area contributed by atoms with Gasteiger partial charge in [-0.2, -0.15) is 0 Å². The van der Waals surface area contributed by atoms with Crippen molar-refractivity contribution in [1.82, 2.24) is 14.7 Å². The van der Waals surface area contributed by atoms with Gasteiger partial charge in [0.15, 0.2) is 0 Å². The predicted octanol–water partition coefficient (Wildman–Crippen LogP) is 2.01. The average molecular weight is 398 g/mol. The van der Waals surface area contributed by atoms with E-state index in [2.05, 4.69) is 13.8 Å². The lowest BCUT2D eigenvalue weighted by Gasteiger charge is -2.37. The van der Waals surface area contributed by atoms with Gasteiger partial charge in [0.1, 0.15) is 6.04 Å². The number of nitrogens with zero attached hydrogens (tertiary/aromatic N) is 3. The molecular formula is C19H31N3O4S. The summed E-state index contributed by atoms with van der Waals surface area (Å²) >= 11 is 1.74. The van der Waals surface area contributed by atoms with E-state index in [-0.39, 0.29) is 35.2 Å². The molecule has 3 aliphatic rings. The van der Waals surface area contributed by atoms with E-state index in [4.69, 9.17) is 4.74 Å². The molecule has 0 radical (unpaired) electrons. The Morgan fingerprint density at radius 2 is 1.67 bits per heavy atom. The van der Waals surface area contributed by atoms with Crippen LogP contribution in [-0.2, 0) is 14.3 Å². The Labute approximate surface area is 165 Å². The number of amides is 3. The second-order valence-electron chi connectivity index (χ2n) is 7.96. The number of rotatable bonds is 5. The van der Waals surface area contributed by atoms with Crippen LogP contribution < -0.4 is 0 Å². The summed E-state index contributed by atoms with van der Waals surface area (Å²) < 4.78 is 5.04. The summed E-state index contributed by atoms with van der Waals surface area (Å²) in [6, 6.07) is -0.360. The van der Waals surface area contributed by atoms with Gasteiger partial charge in [0, 0.05) is 37.8 Å². The minimum absolute atomic E-state index is 0.0336. The maximum Gasteiger partial charge on any atom is 0.409 e. The van der Waals surface area contributed by atoms with E-state index < -0.39 is 0 Å². The highest BCUT2D eigenvalue weighted by Gasteiger charge is 2.47. The number of piperazine rings is 1. The van der Waals surface area contributed by atoms with Crippen molar-refractivity contribution in [3.05, 3.63) is 0 Å². The maximum absolute atomic E-state index is 13.2. The predicted molar refractivity (Wildman–Crippen MR) is 104 cm³/mol. The molecule has 3 rings (SSSR count). The topological polar surface area (TPSA) is 70.2 Å². The highest BCUT2D eigenvalue weighted by molar-refractivity contribution is 8.00. The molecule has 1 aliphatic carbocycles. The monoisotopic (exact) mass is 397 g/mol. The fourth-order valence-electron chi connectivity index (χ4n) is 3.71. The number of hydrogen-bond donors (Lipinski definition) is 0. The van der Waals surface area contributed by atoms with Gasteiger partial charge in [-0.25, -0.2) is 4.79 Å². The quantitative estimate of drug-likeness (QED) is 0.710. The highest BCUT2D eigenvalue weighted by atomic mass is 32.2. The SMILES string of the molecule is CCOC(=O)N1CCN(C(=O)C2CSC(CC(C)C)N2C(=O)C2CC2)CC1. The smallest absolute Gasteiger partial charge is 0.409 e. The van der Waals surface area contributed by atoms with Crippen LogP contribution in [0.2, 0.25) is 0 Å². The Bertz CT molecular complexity index is 573. The number of ether oxygens (including phenoxy) is 1. The summed E-state index contributed by atoms with van der Waals surface area (Å²) in [5.41, 5.74) is 0. The number of carbonyl (C=O) groups excluding carboxylic acids is 3. The van der Waals surface area contributed by atoms with Crippen molar-refractivity contribution in [1.29, 1.82) is 0 Å². The number of carbonyl (C=O) groups is 3. The summed E-state index contributed by atoms with van der Waals surface area (Å²) in [6.45, 7) is 8.42. The lowest BCUT2D eigenvalue weighted by molar-refractivity contribution is -0.146. The molecule has 2 atom stereocenters. The molecule has 2 unspecified atom stereocenters. The average Bonchev–Trinajstić information content (AvgIpc) is 3.42. The molecule has 0 spiro atoms. The van der Waals surface area contributed by atoms with E-state index >= 15 is 0 Å². The van der Waals surface area contributed by atoms with Crippen LogP contribution in [0.3, 0.4) is 0 Å². The van der Waals surface area contributed by atoms with Crippen LogP contribution in [0.1, 0.15) is 40.0 Å². The lowest BCUT2D eigenvalue weighted by Crippen LogP contribution is -2.57. The maximum atomic E-state index is 13.2. The van der Waals surface area contributed by atoms with Crippen molar-refractivity contribution in [2.24, 2.45) is 11.8 Å². The van der Waals surface area contributed by atoms with Crippen LogP contribution in [0.5, 0.6) is 0 Å². The molecular weight excluding hydrogens is 366 g/mol.